The molecule has 0 aliphatic carbocycles. The first-order chi connectivity index (χ1) is 9.03. The quantitative estimate of drug-likeness (QED) is 0.833. The number of carbonyl (C=O) groups excluding carboxylic acids is 1. The minimum atomic E-state index is -3.65. The van der Waals surface area contributed by atoms with E-state index in [1.165, 1.54) is 31.6 Å². The van der Waals surface area contributed by atoms with Gasteiger partial charge in [-0.1, -0.05) is 6.07 Å². The topological polar surface area (TPSA) is 88.3 Å². The first-order valence-electron chi connectivity index (χ1n) is 5.37. The van der Waals surface area contributed by atoms with Gasteiger partial charge < -0.3 is 9.72 Å². The number of aromatic amines is 1. The molecule has 1 aromatic carbocycles. The number of hydrogen-bond acceptors (Lipinski definition) is 4. The van der Waals surface area contributed by atoms with Gasteiger partial charge >= 0.3 is 5.97 Å². The summed E-state index contributed by atoms with van der Waals surface area (Å²) in [7, 11) is -2.39. The number of hydrogen-bond donors (Lipinski definition) is 2. The number of aromatic nitrogens is 1. The van der Waals surface area contributed by atoms with Crippen LogP contribution in [-0.2, 0) is 14.8 Å². The van der Waals surface area contributed by atoms with Crippen molar-refractivity contribution in [2.75, 3.05) is 11.8 Å². The smallest absolute Gasteiger partial charge is 0.337 e. The largest absolute Gasteiger partial charge is 0.465 e. The minimum absolute atomic E-state index is 0.121. The van der Waals surface area contributed by atoms with E-state index in [9.17, 15) is 13.2 Å². The molecule has 0 atom stereocenters. The summed E-state index contributed by atoms with van der Waals surface area (Å²) in [6.45, 7) is 0. The first-order valence-corrected chi connectivity index (χ1v) is 6.85. The van der Waals surface area contributed by atoms with Gasteiger partial charge in [0, 0.05) is 18.1 Å². The Morgan fingerprint density at radius 3 is 2.74 bits per heavy atom. The van der Waals surface area contributed by atoms with Crippen LogP contribution in [0.3, 0.4) is 0 Å². The van der Waals surface area contributed by atoms with Gasteiger partial charge in [-0.15, -0.1) is 0 Å². The average Bonchev–Trinajstić information content (AvgIpc) is 2.92. The molecular formula is C12H12N2O4S. The summed E-state index contributed by atoms with van der Waals surface area (Å²) in [6, 6.07) is 7.51. The highest BCUT2D eigenvalue weighted by Crippen LogP contribution is 2.17. The van der Waals surface area contributed by atoms with Gasteiger partial charge in [-0.2, -0.15) is 0 Å². The molecule has 0 saturated carbocycles. The van der Waals surface area contributed by atoms with E-state index >= 15 is 0 Å². The van der Waals surface area contributed by atoms with E-state index in [2.05, 4.69) is 14.4 Å². The zero-order valence-corrected chi connectivity index (χ0v) is 10.9. The van der Waals surface area contributed by atoms with Crippen molar-refractivity contribution in [2.45, 2.75) is 4.90 Å². The molecule has 0 saturated heterocycles. The van der Waals surface area contributed by atoms with E-state index < -0.39 is 16.0 Å². The molecule has 0 fully saturated rings. The monoisotopic (exact) mass is 280 g/mol. The van der Waals surface area contributed by atoms with Crippen LogP contribution in [0.5, 0.6) is 0 Å². The minimum Gasteiger partial charge on any atom is -0.465 e. The third-order valence-electron chi connectivity index (χ3n) is 2.42. The Labute approximate surface area is 110 Å². The first kappa shape index (κ1) is 13.2. The molecule has 7 heteroatoms. The lowest BCUT2D eigenvalue weighted by atomic mass is 10.2. The van der Waals surface area contributed by atoms with Crippen molar-refractivity contribution in [3.05, 3.63) is 48.3 Å². The number of nitrogens with one attached hydrogen (secondary N) is 2. The summed E-state index contributed by atoms with van der Waals surface area (Å²) < 4.78 is 30.9. The number of methoxy groups -OCH3 is 1. The lowest BCUT2D eigenvalue weighted by molar-refractivity contribution is 0.0601. The van der Waals surface area contributed by atoms with Gasteiger partial charge in [0.05, 0.1) is 12.7 Å². The molecule has 6 nitrogen and oxygen atoms in total. The number of H-pyrrole nitrogens is 1. The lowest BCUT2D eigenvalue weighted by Crippen LogP contribution is -2.12. The second-order valence-corrected chi connectivity index (χ2v) is 5.41. The van der Waals surface area contributed by atoms with Crippen LogP contribution in [0.1, 0.15) is 10.4 Å². The fourth-order valence-corrected chi connectivity index (χ4v) is 2.54. The van der Waals surface area contributed by atoms with Crippen LogP contribution in [0.2, 0.25) is 0 Å². The van der Waals surface area contributed by atoms with Gasteiger partial charge in [0.25, 0.3) is 10.0 Å². The van der Waals surface area contributed by atoms with Crippen molar-refractivity contribution in [1.82, 2.24) is 4.98 Å². The van der Waals surface area contributed by atoms with E-state index in [0.29, 0.717) is 5.69 Å². The van der Waals surface area contributed by atoms with Gasteiger partial charge in [0.1, 0.15) is 4.90 Å². The molecule has 0 aliphatic heterocycles. The molecule has 0 amide bonds. The predicted octanol–water partition coefficient (Wildman–Crippen LogP) is 1.60. The van der Waals surface area contributed by atoms with Crippen LogP contribution in [0, 0.1) is 0 Å². The highest BCUT2D eigenvalue weighted by Gasteiger charge is 2.15. The van der Waals surface area contributed by atoms with E-state index in [1.54, 1.807) is 18.2 Å². The molecule has 2 aromatic rings. The number of anilines is 1. The second-order valence-electron chi connectivity index (χ2n) is 3.72. The van der Waals surface area contributed by atoms with Crippen LogP contribution in [0.15, 0.2) is 47.6 Å². The molecule has 0 unspecified atom stereocenters. The second kappa shape index (κ2) is 5.15. The molecule has 2 rings (SSSR count). The van der Waals surface area contributed by atoms with Gasteiger partial charge in [0.2, 0.25) is 0 Å². The zero-order valence-electron chi connectivity index (χ0n) is 10.1. The number of carbonyl (C=O) groups is 1. The van der Waals surface area contributed by atoms with Crippen molar-refractivity contribution < 1.29 is 17.9 Å². The van der Waals surface area contributed by atoms with Crippen molar-refractivity contribution in [3.63, 3.8) is 0 Å². The Bertz CT molecular complexity index is 678. The molecule has 1 heterocycles. The molecule has 0 aliphatic rings. The standard InChI is InChI=1S/C12H12N2O4S/c1-18-12(15)9-3-2-4-10(7-9)14-19(16,17)11-5-6-13-8-11/h2-8,13-14H,1H3. The highest BCUT2D eigenvalue weighted by molar-refractivity contribution is 7.92. The van der Waals surface area contributed by atoms with Gasteiger partial charge in [-0.05, 0) is 24.3 Å². The molecule has 0 bridgehead atoms. The molecular weight excluding hydrogens is 268 g/mol. The third-order valence-corrected chi connectivity index (χ3v) is 3.79. The Hall–Kier alpha value is -2.28. The maximum Gasteiger partial charge on any atom is 0.337 e. The number of esters is 1. The number of sulfonamides is 1. The molecule has 19 heavy (non-hydrogen) atoms. The van der Waals surface area contributed by atoms with Gasteiger partial charge in [0.15, 0.2) is 0 Å². The van der Waals surface area contributed by atoms with Crippen molar-refractivity contribution in [2.24, 2.45) is 0 Å². The van der Waals surface area contributed by atoms with Crippen LogP contribution >= 0.6 is 0 Å². The van der Waals surface area contributed by atoms with E-state index in [-0.39, 0.29) is 10.5 Å². The molecule has 0 radical (unpaired) electrons. The maximum atomic E-state index is 12.0. The fraction of sp³-hybridized carbons (Fsp3) is 0.0833. The average molecular weight is 280 g/mol. The van der Waals surface area contributed by atoms with Crippen molar-refractivity contribution in [3.8, 4) is 0 Å². The Morgan fingerprint density at radius 2 is 2.11 bits per heavy atom. The van der Waals surface area contributed by atoms with Crippen LogP contribution < -0.4 is 4.72 Å². The van der Waals surface area contributed by atoms with Crippen LogP contribution in [-0.4, -0.2) is 26.5 Å². The summed E-state index contributed by atoms with van der Waals surface area (Å²) in [5.74, 6) is -0.525. The van der Waals surface area contributed by atoms with E-state index in [0.717, 1.165) is 0 Å². The third kappa shape index (κ3) is 2.94. The Kier molecular flexibility index (Phi) is 3.57. The summed E-state index contributed by atoms with van der Waals surface area (Å²) in [4.78, 5) is 14.1. The normalized spacial score (nSPS) is 11.0. The van der Waals surface area contributed by atoms with Crippen molar-refractivity contribution in [1.29, 1.82) is 0 Å². The van der Waals surface area contributed by atoms with E-state index in [4.69, 9.17) is 0 Å². The number of ether oxygens (including phenoxy) is 1. The highest BCUT2D eigenvalue weighted by atomic mass is 32.2. The van der Waals surface area contributed by atoms with Gasteiger partial charge in [-0.3, -0.25) is 4.72 Å². The van der Waals surface area contributed by atoms with E-state index in [1.807, 2.05) is 0 Å². The molecule has 1 aromatic heterocycles. The zero-order chi connectivity index (χ0) is 13.9. The Morgan fingerprint density at radius 1 is 1.32 bits per heavy atom. The Balaban J connectivity index is 2.27. The van der Waals surface area contributed by atoms with Crippen LogP contribution in [0.4, 0.5) is 5.69 Å². The predicted molar refractivity (Wildman–Crippen MR) is 69.4 cm³/mol. The van der Waals surface area contributed by atoms with Crippen LogP contribution in [0.25, 0.3) is 0 Å². The molecule has 100 valence electrons. The fourth-order valence-electron chi connectivity index (χ4n) is 1.52. The molecule has 2 N–H and O–H groups in total. The molecule has 0 spiro atoms. The summed E-state index contributed by atoms with van der Waals surface area (Å²) in [5.41, 5.74) is 0.570. The summed E-state index contributed by atoms with van der Waals surface area (Å²) >= 11 is 0. The summed E-state index contributed by atoms with van der Waals surface area (Å²) in [5, 5.41) is 0. The number of benzene rings is 1. The van der Waals surface area contributed by atoms with Gasteiger partial charge in [-0.25, -0.2) is 13.2 Å². The lowest BCUT2D eigenvalue weighted by Gasteiger charge is -2.07. The summed E-state index contributed by atoms with van der Waals surface area (Å²) in [6.07, 6.45) is 2.88. The SMILES string of the molecule is COC(=O)c1cccc(NS(=O)(=O)c2cc[nH]c2)c1. The van der Waals surface area contributed by atoms with Crippen molar-refractivity contribution >= 4 is 21.7 Å². The number of rotatable bonds is 4. The maximum absolute atomic E-state index is 12.0.